The summed E-state index contributed by atoms with van der Waals surface area (Å²) in [5.41, 5.74) is 15.5. The van der Waals surface area contributed by atoms with E-state index in [2.05, 4.69) is 241 Å². The average molecular weight is 782 g/mol. The van der Waals surface area contributed by atoms with Crippen LogP contribution in [-0.4, -0.2) is 0 Å². The minimum atomic E-state index is 1.10. The maximum absolute atomic E-state index is 2.39. The highest BCUT2D eigenvalue weighted by Gasteiger charge is 2.17. The lowest BCUT2D eigenvalue weighted by Gasteiger charge is -2.26. The third-order valence-corrected chi connectivity index (χ3v) is 12.9. The van der Waals surface area contributed by atoms with Gasteiger partial charge < -0.3 is 4.90 Å². The summed E-state index contributed by atoms with van der Waals surface area (Å²) >= 11 is 1.88. The molecule has 0 amide bonds. The van der Waals surface area contributed by atoms with Crippen molar-refractivity contribution in [3.8, 4) is 55.6 Å². The Hall–Kier alpha value is -7.52. The Morgan fingerprint density at radius 2 is 0.733 bits per heavy atom. The van der Waals surface area contributed by atoms with Gasteiger partial charge in [-0.1, -0.05) is 188 Å². The Labute approximate surface area is 354 Å². The molecule has 0 unspecified atom stereocenters. The fraction of sp³-hybridized carbons (Fsp3) is 0. The lowest BCUT2D eigenvalue weighted by molar-refractivity contribution is 1.28. The van der Waals surface area contributed by atoms with Crippen molar-refractivity contribution in [2.24, 2.45) is 0 Å². The van der Waals surface area contributed by atoms with Crippen LogP contribution < -0.4 is 4.90 Å². The van der Waals surface area contributed by atoms with Gasteiger partial charge in [-0.15, -0.1) is 11.3 Å². The first kappa shape index (κ1) is 35.6. The van der Waals surface area contributed by atoms with Crippen LogP contribution in [0.25, 0.3) is 86.6 Å². The van der Waals surface area contributed by atoms with Crippen LogP contribution >= 0.6 is 11.3 Å². The topological polar surface area (TPSA) is 3.24 Å². The van der Waals surface area contributed by atoms with Gasteiger partial charge in [0, 0.05) is 42.8 Å². The van der Waals surface area contributed by atoms with Crippen LogP contribution in [0.15, 0.2) is 237 Å². The minimum Gasteiger partial charge on any atom is -0.311 e. The molecule has 0 saturated heterocycles. The van der Waals surface area contributed by atoms with Gasteiger partial charge in [0.15, 0.2) is 0 Å². The van der Waals surface area contributed by atoms with Crippen LogP contribution in [0.3, 0.4) is 0 Å². The predicted molar refractivity (Wildman–Crippen MR) is 259 cm³/mol. The van der Waals surface area contributed by atoms with E-state index in [1.165, 1.54) is 86.6 Å². The fourth-order valence-electron chi connectivity index (χ4n) is 8.73. The van der Waals surface area contributed by atoms with E-state index in [9.17, 15) is 0 Å². The largest absolute Gasteiger partial charge is 0.311 e. The highest BCUT2D eigenvalue weighted by molar-refractivity contribution is 7.26. The van der Waals surface area contributed by atoms with Gasteiger partial charge in [0.2, 0.25) is 0 Å². The molecule has 0 aliphatic rings. The van der Waals surface area contributed by atoms with E-state index in [1.807, 2.05) is 11.3 Å². The SMILES string of the molecule is c1ccc(-c2ccc(N(c3ccc(-c4ccc(-c5ccccc5)c(-c5cccc6c5sc5ccccc56)c4)cc3)c3ccc(-c4cccc5ccccc45)cc3)cc2)cc1. The molecule has 0 bridgehead atoms. The summed E-state index contributed by atoms with van der Waals surface area (Å²) in [6.45, 7) is 0. The molecule has 0 radical (unpaired) electrons. The van der Waals surface area contributed by atoms with Crippen LogP contribution in [0.5, 0.6) is 0 Å². The van der Waals surface area contributed by atoms with E-state index >= 15 is 0 Å². The second-order valence-corrected chi connectivity index (χ2v) is 16.3. The summed E-state index contributed by atoms with van der Waals surface area (Å²) in [5, 5.41) is 5.13. The molecule has 0 fully saturated rings. The van der Waals surface area contributed by atoms with E-state index in [0.717, 1.165) is 17.1 Å². The van der Waals surface area contributed by atoms with Gasteiger partial charge >= 0.3 is 0 Å². The number of rotatable bonds is 8. The Balaban J connectivity index is 0.999. The van der Waals surface area contributed by atoms with Crippen LogP contribution in [0.4, 0.5) is 17.1 Å². The molecule has 282 valence electrons. The Bertz CT molecular complexity index is 3270. The predicted octanol–water partition coefficient (Wildman–Crippen LogP) is 17.0. The molecule has 0 aliphatic carbocycles. The highest BCUT2D eigenvalue weighted by Crippen LogP contribution is 2.45. The molecular weight excluding hydrogens is 743 g/mol. The van der Waals surface area contributed by atoms with E-state index in [0.29, 0.717) is 0 Å². The lowest BCUT2D eigenvalue weighted by Crippen LogP contribution is -2.09. The van der Waals surface area contributed by atoms with Gasteiger partial charge in [-0.25, -0.2) is 0 Å². The number of anilines is 3. The van der Waals surface area contributed by atoms with E-state index in [4.69, 9.17) is 0 Å². The number of benzene rings is 10. The zero-order valence-corrected chi connectivity index (χ0v) is 33.7. The first-order chi connectivity index (χ1) is 29.7. The van der Waals surface area contributed by atoms with Crippen LogP contribution in [-0.2, 0) is 0 Å². The number of fused-ring (bicyclic) bond motifs is 4. The third-order valence-electron chi connectivity index (χ3n) is 11.7. The zero-order valence-electron chi connectivity index (χ0n) is 32.9. The molecule has 11 rings (SSSR count). The van der Waals surface area contributed by atoms with Crippen LogP contribution in [0.2, 0.25) is 0 Å². The van der Waals surface area contributed by atoms with Gasteiger partial charge in [0.1, 0.15) is 0 Å². The molecule has 0 saturated carbocycles. The van der Waals surface area contributed by atoms with Crippen molar-refractivity contribution in [3.63, 3.8) is 0 Å². The third kappa shape index (κ3) is 6.54. The second-order valence-electron chi connectivity index (χ2n) is 15.3. The fourth-order valence-corrected chi connectivity index (χ4v) is 9.96. The maximum atomic E-state index is 2.39. The maximum Gasteiger partial charge on any atom is 0.0462 e. The molecule has 0 N–H and O–H groups in total. The Morgan fingerprint density at radius 3 is 1.43 bits per heavy atom. The summed E-state index contributed by atoms with van der Waals surface area (Å²) in [5.74, 6) is 0. The molecular formula is C58H39NS. The first-order valence-electron chi connectivity index (χ1n) is 20.5. The van der Waals surface area contributed by atoms with E-state index in [-0.39, 0.29) is 0 Å². The summed E-state index contributed by atoms with van der Waals surface area (Å²) in [7, 11) is 0. The smallest absolute Gasteiger partial charge is 0.0462 e. The quantitative estimate of drug-likeness (QED) is 0.148. The molecule has 0 spiro atoms. The molecule has 10 aromatic carbocycles. The number of thiophene rings is 1. The summed E-state index contributed by atoms with van der Waals surface area (Å²) in [4.78, 5) is 2.36. The molecule has 1 nitrogen and oxygen atoms in total. The van der Waals surface area contributed by atoms with Gasteiger partial charge in [0.05, 0.1) is 0 Å². The van der Waals surface area contributed by atoms with Gasteiger partial charge in [-0.2, -0.15) is 0 Å². The van der Waals surface area contributed by atoms with Gasteiger partial charge in [0.25, 0.3) is 0 Å². The molecule has 0 atom stereocenters. The van der Waals surface area contributed by atoms with Crippen molar-refractivity contribution in [2.45, 2.75) is 0 Å². The molecule has 0 aliphatic heterocycles. The molecule has 11 aromatic rings. The summed E-state index contributed by atoms with van der Waals surface area (Å²) in [6, 6.07) is 86.0. The van der Waals surface area contributed by atoms with Crippen molar-refractivity contribution in [2.75, 3.05) is 4.90 Å². The average Bonchev–Trinajstić information content (AvgIpc) is 3.72. The monoisotopic (exact) mass is 781 g/mol. The van der Waals surface area contributed by atoms with Crippen LogP contribution in [0, 0.1) is 0 Å². The Kier molecular flexibility index (Phi) is 9.11. The number of hydrogen-bond acceptors (Lipinski definition) is 2. The van der Waals surface area contributed by atoms with Crippen molar-refractivity contribution in [3.05, 3.63) is 237 Å². The van der Waals surface area contributed by atoms with E-state index in [1.54, 1.807) is 0 Å². The summed E-state index contributed by atoms with van der Waals surface area (Å²) < 4.78 is 2.64. The molecule has 1 heterocycles. The first-order valence-corrected chi connectivity index (χ1v) is 21.3. The molecule has 1 aromatic heterocycles. The lowest BCUT2D eigenvalue weighted by atomic mass is 9.90. The number of hydrogen-bond donors (Lipinski definition) is 0. The second kappa shape index (κ2) is 15.3. The van der Waals surface area contributed by atoms with E-state index < -0.39 is 0 Å². The van der Waals surface area contributed by atoms with Crippen molar-refractivity contribution in [1.29, 1.82) is 0 Å². The standard InChI is InChI=1S/C58H39NS/c1-3-13-40(14-4-1)41-25-32-47(33-26-41)59(49-36-29-45(30-37-49)51-21-11-18-44-17-7-8-19-50(44)51)48-34-27-42(28-35-48)46-31-38-52(43-15-5-2-6-16-43)56(39-46)55-23-12-22-54-53-20-9-10-24-57(53)60-58(54)55/h1-39H. The normalized spacial score (nSPS) is 11.3. The van der Waals surface area contributed by atoms with Crippen molar-refractivity contribution >= 4 is 59.3 Å². The zero-order chi connectivity index (χ0) is 39.8. The molecule has 2 heteroatoms. The minimum absolute atomic E-state index is 1.10. The highest BCUT2D eigenvalue weighted by atomic mass is 32.1. The van der Waals surface area contributed by atoms with Crippen molar-refractivity contribution < 1.29 is 0 Å². The number of nitrogens with zero attached hydrogens (tertiary/aromatic N) is 1. The van der Waals surface area contributed by atoms with Crippen molar-refractivity contribution in [1.82, 2.24) is 0 Å². The Morgan fingerprint density at radius 1 is 0.267 bits per heavy atom. The van der Waals surface area contributed by atoms with Crippen LogP contribution in [0.1, 0.15) is 0 Å². The van der Waals surface area contributed by atoms with Gasteiger partial charge in [-0.05, 0) is 109 Å². The summed E-state index contributed by atoms with van der Waals surface area (Å²) in [6.07, 6.45) is 0. The molecule has 60 heavy (non-hydrogen) atoms. The van der Waals surface area contributed by atoms with Gasteiger partial charge in [-0.3, -0.25) is 0 Å².